The van der Waals surface area contributed by atoms with E-state index in [-0.39, 0.29) is 0 Å². The molecule has 0 aliphatic heterocycles. The molecule has 13 heteroatoms. The fraction of sp³-hybridized carbons (Fsp3) is 0.0769. The maximum atomic E-state index is 13.6. The number of anilines is 1. The topological polar surface area (TPSA) is 55.4 Å². The second-order valence-electron chi connectivity index (χ2n) is 4.58. The van der Waals surface area contributed by atoms with Crippen LogP contribution in [0.25, 0.3) is 0 Å². The van der Waals surface area contributed by atoms with E-state index in [0.717, 1.165) is 0 Å². The van der Waals surface area contributed by atoms with Gasteiger partial charge in [-0.25, -0.2) is 30.4 Å². The Balaban J connectivity index is 2.39. The van der Waals surface area contributed by atoms with Crippen LogP contribution in [0.4, 0.5) is 40.8 Å². The molecule has 0 saturated heterocycles. The largest absolute Gasteiger partial charge is 0.573 e. The lowest BCUT2D eigenvalue weighted by atomic mass is 10.3. The zero-order chi connectivity index (χ0) is 19.9. The molecule has 2 aromatic carbocycles. The van der Waals surface area contributed by atoms with Gasteiger partial charge in [0.25, 0.3) is 10.0 Å². The maximum Gasteiger partial charge on any atom is 0.573 e. The van der Waals surface area contributed by atoms with Crippen LogP contribution in [-0.4, -0.2) is 14.8 Å². The van der Waals surface area contributed by atoms with Crippen molar-refractivity contribution < 1.29 is 48.3 Å². The highest BCUT2D eigenvalue weighted by molar-refractivity contribution is 7.92. The van der Waals surface area contributed by atoms with Gasteiger partial charge >= 0.3 is 6.36 Å². The second kappa shape index (κ2) is 6.63. The molecule has 0 unspecified atom stereocenters. The van der Waals surface area contributed by atoms with Crippen LogP contribution in [-0.2, 0) is 10.0 Å². The van der Waals surface area contributed by atoms with Crippen LogP contribution in [0.2, 0.25) is 0 Å². The van der Waals surface area contributed by atoms with E-state index in [9.17, 15) is 43.5 Å². The molecule has 0 fully saturated rings. The highest BCUT2D eigenvalue weighted by Gasteiger charge is 2.34. The molecule has 1 N–H and O–H groups in total. The molecule has 0 aromatic heterocycles. The zero-order valence-electron chi connectivity index (χ0n) is 12.0. The highest BCUT2D eigenvalue weighted by Crippen LogP contribution is 2.29. The summed E-state index contributed by atoms with van der Waals surface area (Å²) in [6.45, 7) is 0. The Hall–Kier alpha value is -2.57. The second-order valence-corrected chi connectivity index (χ2v) is 6.20. The number of ether oxygens (including phenoxy) is 1. The first kappa shape index (κ1) is 19.8. The van der Waals surface area contributed by atoms with Gasteiger partial charge in [0.15, 0.2) is 28.2 Å². The number of sulfonamides is 1. The maximum absolute atomic E-state index is 13.6. The molecule has 26 heavy (non-hydrogen) atoms. The number of hydrogen-bond donors (Lipinski definition) is 1. The Kier molecular flexibility index (Phi) is 5.03. The minimum absolute atomic E-state index is 0.525. The van der Waals surface area contributed by atoms with E-state index in [1.54, 1.807) is 0 Å². The van der Waals surface area contributed by atoms with E-state index in [1.165, 1.54) is 4.72 Å². The van der Waals surface area contributed by atoms with E-state index in [2.05, 4.69) is 4.74 Å². The van der Waals surface area contributed by atoms with Crippen molar-refractivity contribution in [2.75, 3.05) is 4.72 Å². The van der Waals surface area contributed by atoms with Gasteiger partial charge in [0.05, 0.1) is 0 Å². The molecule has 0 aliphatic rings. The Bertz CT molecular complexity index is 912. The first-order chi connectivity index (χ1) is 11.8. The third-order valence-electron chi connectivity index (χ3n) is 2.78. The Morgan fingerprint density at radius 2 is 1.19 bits per heavy atom. The van der Waals surface area contributed by atoms with Crippen LogP contribution < -0.4 is 9.46 Å². The summed E-state index contributed by atoms with van der Waals surface area (Å²) in [5.41, 5.74) is -0.525. The van der Waals surface area contributed by atoms with Crippen LogP contribution in [0.5, 0.6) is 5.75 Å². The lowest BCUT2D eigenvalue weighted by Gasteiger charge is -2.12. The van der Waals surface area contributed by atoms with Crippen molar-refractivity contribution in [2.45, 2.75) is 11.3 Å². The van der Waals surface area contributed by atoms with Crippen LogP contribution in [0, 0.1) is 29.1 Å². The van der Waals surface area contributed by atoms with Crippen molar-refractivity contribution in [2.24, 2.45) is 0 Å². The van der Waals surface area contributed by atoms with E-state index >= 15 is 0 Å². The summed E-state index contributed by atoms with van der Waals surface area (Å²) in [7, 11) is -5.29. The summed E-state index contributed by atoms with van der Waals surface area (Å²) in [5.74, 6) is -13.4. The van der Waals surface area contributed by atoms with Gasteiger partial charge < -0.3 is 4.74 Å². The molecule has 2 aromatic rings. The van der Waals surface area contributed by atoms with E-state index < -0.39 is 61.8 Å². The molecule has 0 spiro atoms. The molecule has 142 valence electrons. The number of nitrogens with one attached hydrogen (secondary N) is 1. The van der Waals surface area contributed by atoms with Gasteiger partial charge in [-0.15, -0.1) is 13.2 Å². The third-order valence-corrected chi connectivity index (χ3v) is 4.18. The van der Waals surface area contributed by atoms with Crippen LogP contribution in [0.1, 0.15) is 0 Å². The van der Waals surface area contributed by atoms with Gasteiger partial charge in [0, 0.05) is 5.69 Å². The molecule has 0 heterocycles. The summed E-state index contributed by atoms with van der Waals surface area (Å²) in [5, 5.41) is 0. The van der Waals surface area contributed by atoms with Gasteiger partial charge in [-0.1, -0.05) is 0 Å². The molecule has 0 radical (unpaired) electrons. The van der Waals surface area contributed by atoms with Crippen molar-refractivity contribution in [3.8, 4) is 5.75 Å². The predicted molar refractivity (Wildman–Crippen MR) is 70.2 cm³/mol. The van der Waals surface area contributed by atoms with E-state index in [0.29, 0.717) is 24.3 Å². The normalized spacial score (nSPS) is 12.2. The van der Waals surface area contributed by atoms with Crippen LogP contribution >= 0.6 is 0 Å². The molecule has 2 rings (SSSR count). The Morgan fingerprint density at radius 1 is 0.769 bits per heavy atom. The van der Waals surface area contributed by atoms with E-state index in [4.69, 9.17) is 0 Å². The zero-order valence-corrected chi connectivity index (χ0v) is 12.8. The smallest absolute Gasteiger partial charge is 0.406 e. The number of benzene rings is 2. The fourth-order valence-electron chi connectivity index (χ4n) is 1.75. The number of rotatable bonds is 4. The monoisotopic (exact) mass is 407 g/mol. The number of hydrogen-bond acceptors (Lipinski definition) is 3. The molecule has 0 atom stereocenters. The van der Waals surface area contributed by atoms with Crippen molar-refractivity contribution in [3.05, 3.63) is 53.4 Å². The number of alkyl halides is 3. The molecule has 0 aliphatic carbocycles. The molecule has 0 saturated carbocycles. The molecule has 0 bridgehead atoms. The summed E-state index contributed by atoms with van der Waals surface area (Å²) in [6, 6.07) is 2.74. The summed E-state index contributed by atoms with van der Waals surface area (Å²) >= 11 is 0. The van der Waals surface area contributed by atoms with Crippen molar-refractivity contribution in [1.29, 1.82) is 0 Å². The lowest BCUT2D eigenvalue weighted by Crippen LogP contribution is -2.19. The average molecular weight is 407 g/mol. The molecule has 0 amide bonds. The minimum atomic E-state index is -5.29. The van der Waals surface area contributed by atoms with Crippen molar-refractivity contribution in [1.82, 2.24) is 0 Å². The SMILES string of the molecule is O=S(=O)(Nc1ccc(OC(F)(F)F)cc1)c1c(F)c(F)c(F)c(F)c1F. The molecular weight excluding hydrogens is 402 g/mol. The standard InChI is InChI=1S/C13H5F8NO3S/c14-7-8(15)10(17)12(11(18)9(7)16)26(23,24)22-5-1-3-6(4-2-5)25-13(19,20)21/h1-4,22H. The first-order valence-corrected chi connectivity index (χ1v) is 7.72. The highest BCUT2D eigenvalue weighted by atomic mass is 32.2. The first-order valence-electron chi connectivity index (χ1n) is 6.23. The Morgan fingerprint density at radius 3 is 1.62 bits per heavy atom. The number of halogens is 8. The molecular formula is C13H5F8NO3S. The summed E-state index contributed by atoms with van der Waals surface area (Å²) in [4.78, 5) is -2.13. The van der Waals surface area contributed by atoms with Crippen LogP contribution in [0.15, 0.2) is 29.2 Å². The third kappa shape index (κ3) is 3.98. The predicted octanol–water partition coefficient (Wildman–Crippen LogP) is 4.08. The van der Waals surface area contributed by atoms with E-state index in [1.807, 2.05) is 0 Å². The van der Waals surface area contributed by atoms with Crippen molar-refractivity contribution in [3.63, 3.8) is 0 Å². The average Bonchev–Trinajstić information content (AvgIpc) is 2.51. The molecule has 4 nitrogen and oxygen atoms in total. The van der Waals surface area contributed by atoms with Gasteiger partial charge in [-0.2, -0.15) is 0 Å². The van der Waals surface area contributed by atoms with Crippen LogP contribution in [0.3, 0.4) is 0 Å². The quantitative estimate of drug-likeness (QED) is 0.472. The van der Waals surface area contributed by atoms with Gasteiger partial charge in [-0.05, 0) is 24.3 Å². The van der Waals surface area contributed by atoms with Gasteiger partial charge in [0.2, 0.25) is 5.82 Å². The fourth-order valence-corrected chi connectivity index (χ4v) is 2.95. The van der Waals surface area contributed by atoms with Gasteiger partial charge in [0.1, 0.15) is 5.75 Å². The Labute approximate surface area is 140 Å². The van der Waals surface area contributed by atoms with Gasteiger partial charge in [-0.3, -0.25) is 4.72 Å². The minimum Gasteiger partial charge on any atom is -0.406 e. The van der Waals surface area contributed by atoms with Crippen molar-refractivity contribution >= 4 is 15.7 Å². The summed E-state index contributed by atoms with van der Waals surface area (Å²) in [6.07, 6.45) is -5.02. The lowest BCUT2D eigenvalue weighted by molar-refractivity contribution is -0.274. The summed E-state index contributed by atoms with van der Waals surface area (Å²) < 4.78 is 131.